The second-order valence-corrected chi connectivity index (χ2v) is 0.763. The molecule has 11 nitrogen and oxygen atoms in total. The summed E-state index contributed by atoms with van der Waals surface area (Å²) in [4.78, 5) is 23.8. The van der Waals surface area contributed by atoms with Gasteiger partial charge in [-0.15, -0.1) is 0 Å². The normalized spacial score (nSPS) is 5.00. The summed E-state index contributed by atoms with van der Waals surface area (Å²) in [5.41, 5.74) is 5.75. The Balaban J connectivity index is -0.0000000260. The van der Waals surface area contributed by atoms with E-state index in [1.807, 2.05) is 0 Å². The Labute approximate surface area is 90.1 Å². The first kappa shape index (κ1) is 29.4. The average Bonchev–Trinajstić information content (AvgIpc) is 1.89. The molecule has 12 heteroatoms. The Morgan fingerprint density at radius 3 is 1.07 bits per heavy atom. The molecule has 0 aromatic rings. The molecule has 0 aliphatic carbocycles. The van der Waals surface area contributed by atoms with Gasteiger partial charge in [0.25, 0.3) is 0 Å². The quantitative estimate of drug-likeness (QED) is 0.362. The Kier molecular flexibility index (Phi) is 87.3. The standard InChI is InChI=1S/C2H6O.2NO3.NO.Ru/c1-2-3;2*2-1(3)4;1-2;/h3H,2H2,1H3;;;;/q;3*-1;+3. The zero-order chi connectivity index (χ0) is 11.9. The van der Waals surface area contributed by atoms with E-state index in [1.165, 1.54) is 0 Å². The first-order chi connectivity index (χ1) is 5.88. The summed E-state index contributed by atoms with van der Waals surface area (Å²) >= 11 is 0. The zero-order valence-corrected chi connectivity index (χ0v) is 8.45. The van der Waals surface area contributed by atoms with Crippen molar-refractivity contribution in [3.63, 3.8) is 0 Å². The van der Waals surface area contributed by atoms with E-state index >= 15 is 0 Å². The molecule has 0 rings (SSSR count). The fourth-order valence-electron chi connectivity index (χ4n) is 0. The van der Waals surface area contributed by atoms with Crippen LogP contribution in [0.25, 0.3) is 5.59 Å². The van der Waals surface area contributed by atoms with E-state index in [0.29, 0.717) is 0 Å². The molecule has 0 aliphatic heterocycles. The number of nitroso groups, excluding NO2 is 1. The number of hydrogen-bond acceptors (Lipinski definition) is 8. The molecule has 0 aromatic carbocycles. The summed E-state index contributed by atoms with van der Waals surface area (Å²) in [5, 5.41) is 37.1. The van der Waals surface area contributed by atoms with Gasteiger partial charge in [0.15, 0.2) is 0 Å². The minimum atomic E-state index is -1.75. The summed E-state index contributed by atoms with van der Waals surface area (Å²) in [6.07, 6.45) is 0. The van der Waals surface area contributed by atoms with E-state index in [4.69, 9.17) is 46.3 Å². The molecule has 0 aliphatic rings. The average molecular weight is 301 g/mol. The van der Waals surface area contributed by atoms with Crippen LogP contribution < -0.4 is 0 Å². The van der Waals surface area contributed by atoms with Crippen LogP contribution in [-0.2, 0) is 19.5 Å². The molecule has 0 bridgehead atoms. The van der Waals surface area contributed by atoms with Crippen molar-refractivity contribution in [1.29, 1.82) is 0 Å². The second kappa shape index (κ2) is 41.6. The summed E-state index contributed by atoms with van der Waals surface area (Å²) < 4.78 is 0. The van der Waals surface area contributed by atoms with Crippen molar-refractivity contribution >= 4 is 0 Å². The minimum absolute atomic E-state index is 0. The van der Waals surface area contributed by atoms with Crippen LogP contribution in [0.5, 0.6) is 0 Å². The van der Waals surface area contributed by atoms with Crippen molar-refractivity contribution in [2.24, 2.45) is 0 Å². The zero-order valence-electron chi connectivity index (χ0n) is 6.71. The van der Waals surface area contributed by atoms with E-state index < -0.39 is 10.2 Å². The van der Waals surface area contributed by atoms with Crippen LogP contribution >= 0.6 is 0 Å². The van der Waals surface area contributed by atoms with Crippen molar-refractivity contribution in [1.82, 2.24) is 0 Å². The molecule has 0 atom stereocenters. The van der Waals surface area contributed by atoms with Crippen molar-refractivity contribution in [2.75, 3.05) is 6.61 Å². The van der Waals surface area contributed by atoms with Crippen LogP contribution in [0.1, 0.15) is 6.92 Å². The molecule has 0 amide bonds. The minimum Gasteiger partial charge on any atom is -0.577 e. The molecular formula is C2H6N3O8Ru. The Morgan fingerprint density at radius 2 is 1.07 bits per heavy atom. The molecular weight excluding hydrogens is 295 g/mol. The van der Waals surface area contributed by atoms with E-state index in [-0.39, 0.29) is 26.1 Å². The third-order valence-corrected chi connectivity index (χ3v) is 0. The van der Waals surface area contributed by atoms with E-state index in [2.05, 4.69) is 0 Å². The van der Waals surface area contributed by atoms with Gasteiger partial charge >= 0.3 is 19.5 Å². The predicted octanol–water partition coefficient (Wildman–Crippen LogP) is -0.160. The Morgan fingerprint density at radius 1 is 1.07 bits per heavy atom. The molecule has 0 aromatic heterocycles. The smallest absolute Gasteiger partial charge is 0.577 e. The fraction of sp³-hybridized carbons (Fsp3) is 1.00. The van der Waals surface area contributed by atoms with E-state index in [0.717, 1.165) is 0 Å². The topological polar surface area (TPSA) is 192 Å². The molecule has 0 saturated carbocycles. The number of hydrogen-bond donors (Lipinski definition) is 1. The maximum absolute atomic E-state index is 8.25. The first-order valence-corrected chi connectivity index (χ1v) is 2.30. The van der Waals surface area contributed by atoms with Gasteiger partial charge in [-0.2, -0.15) is 0 Å². The van der Waals surface area contributed by atoms with Gasteiger partial charge in [0.05, 0.1) is 10.2 Å². The summed E-state index contributed by atoms with van der Waals surface area (Å²) in [6, 6.07) is 0. The maximum Gasteiger partial charge on any atom is 3.00 e. The van der Waals surface area contributed by atoms with Crippen molar-refractivity contribution in [3.8, 4) is 0 Å². The number of rotatable bonds is 0. The molecule has 0 saturated heterocycles. The largest absolute Gasteiger partial charge is 3.00 e. The number of nitrogens with zero attached hydrogens (tertiary/aromatic N) is 3. The third-order valence-electron chi connectivity index (χ3n) is 0. The predicted molar refractivity (Wildman–Crippen MR) is 40.2 cm³/mol. The summed E-state index contributed by atoms with van der Waals surface area (Å²) in [5.74, 6) is 0. The van der Waals surface area contributed by atoms with Gasteiger partial charge in [-0.05, 0) is 6.92 Å². The molecule has 14 heavy (non-hydrogen) atoms. The van der Waals surface area contributed by atoms with Gasteiger partial charge in [0, 0.05) is 6.61 Å². The van der Waals surface area contributed by atoms with Crippen LogP contribution in [0.15, 0.2) is 0 Å². The van der Waals surface area contributed by atoms with Crippen LogP contribution in [0.4, 0.5) is 0 Å². The molecule has 1 N–H and O–H groups in total. The molecule has 0 spiro atoms. The van der Waals surface area contributed by atoms with Gasteiger partial charge < -0.3 is 46.3 Å². The summed E-state index contributed by atoms with van der Waals surface area (Å²) in [7, 11) is 0. The van der Waals surface area contributed by atoms with Crippen molar-refractivity contribution in [2.45, 2.75) is 6.92 Å². The van der Waals surface area contributed by atoms with Crippen LogP contribution in [0, 0.1) is 35.6 Å². The molecule has 85 valence electrons. The van der Waals surface area contributed by atoms with Gasteiger partial charge in [0.2, 0.25) is 0 Å². The maximum atomic E-state index is 8.25. The van der Waals surface area contributed by atoms with Gasteiger partial charge in [-0.3, -0.25) is 0 Å². The Bertz CT molecular complexity index is 101. The Hall–Kier alpha value is -1.42. The monoisotopic (exact) mass is 302 g/mol. The molecule has 1 radical (unpaired) electrons. The van der Waals surface area contributed by atoms with E-state index in [9.17, 15) is 0 Å². The molecule has 0 unspecified atom stereocenters. The second-order valence-electron chi connectivity index (χ2n) is 0.763. The van der Waals surface area contributed by atoms with Gasteiger partial charge in [-0.25, -0.2) is 0 Å². The van der Waals surface area contributed by atoms with E-state index in [1.54, 1.807) is 6.92 Å². The van der Waals surface area contributed by atoms with Crippen molar-refractivity contribution in [3.05, 3.63) is 41.1 Å². The van der Waals surface area contributed by atoms with Gasteiger partial charge in [-0.1, -0.05) is 0 Å². The third kappa shape index (κ3) is 484. The number of aliphatic hydroxyl groups is 1. The fourth-order valence-corrected chi connectivity index (χ4v) is 0. The van der Waals surface area contributed by atoms with Crippen LogP contribution in [-0.4, -0.2) is 21.9 Å². The van der Waals surface area contributed by atoms with Crippen molar-refractivity contribution < 1.29 is 34.8 Å². The summed E-state index contributed by atoms with van der Waals surface area (Å²) in [6.45, 7) is 1.93. The van der Waals surface area contributed by atoms with Crippen LogP contribution in [0.3, 0.4) is 0 Å². The SMILES string of the molecule is CCO.O=[N+]([O-])[O-].O=[N+]([O-])[O-].[N-]=O.[Ru+3]. The molecule has 0 heterocycles. The first-order valence-electron chi connectivity index (χ1n) is 2.30. The number of aliphatic hydroxyl groups excluding tert-OH is 1. The van der Waals surface area contributed by atoms with Crippen LogP contribution in [0.2, 0.25) is 0 Å². The van der Waals surface area contributed by atoms with Gasteiger partial charge in [0.1, 0.15) is 0 Å². The molecule has 0 fully saturated rings.